The summed E-state index contributed by atoms with van der Waals surface area (Å²) in [5.41, 5.74) is 2.93. The second kappa shape index (κ2) is 9.70. The lowest BCUT2D eigenvalue weighted by Crippen LogP contribution is -2.44. The van der Waals surface area contributed by atoms with E-state index in [1.807, 2.05) is 66.4 Å². The van der Waals surface area contributed by atoms with Crippen LogP contribution in [-0.2, 0) is 6.54 Å². The molecule has 1 atom stereocenters. The van der Waals surface area contributed by atoms with Gasteiger partial charge in [-0.3, -0.25) is 4.79 Å². The summed E-state index contributed by atoms with van der Waals surface area (Å²) in [6, 6.07) is 17.4. The van der Waals surface area contributed by atoms with Crippen LogP contribution in [0.2, 0.25) is 0 Å². The number of rotatable bonds is 5. The Kier molecular flexibility index (Phi) is 6.57. The van der Waals surface area contributed by atoms with E-state index in [0.29, 0.717) is 18.1 Å². The van der Waals surface area contributed by atoms with Gasteiger partial charge in [0, 0.05) is 31.2 Å². The van der Waals surface area contributed by atoms with Gasteiger partial charge in [-0.05, 0) is 37.5 Å². The lowest BCUT2D eigenvalue weighted by Gasteiger charge is -2.31. The number of carbonyl (C=O) groups excluding carboxylic acids is 2. The van der Waals surface area contributed by atoms with Crippen molar-refractivity contribution in [1.29, 1.82) is 0 Å². The van der Waals surface area contributed by atoms with Gasteiger partial charge in [0.2, 0.25) is 5.01 Å². The molecule has 2 aromatic carbocycles. The lowest BCUT2D eigenvalue weighted by atomic mass is 9.99. The van der Waals surface area contributed by atoms with Gasteiger partial charge in [0.25, 0.3) is 5.91 Å². The van der Waals surface area contributed by atoms with Gasteiger partial charge in [-0.1, -0.05) is 59.4 Å². The van der Waals surface area contributed by atoms with Crippen molar-refractivity contribution in [3.05, 3.63) is 75.7 Å². The molecule has 3 amide bonds. The molecular weight excluding hydrogens is 410 g/mol. The predicted octanol–water partition coefficient (Wildman–Crippen LogP) is 4.19. The first-order chi connectivity index (χ1) is 15.1. The van der Waals surface area contributed by atoms with Crippen LogP contribution in [0.15, 0.2) is 54.6 Å². The summed E-state index contributed by atoms with van der Waals surface area (Å²) in [6.45, 7) is 3.80. The summed E-state index contributed by atoms with van der Waals surface area (Å²) in [7, 11) is 0. The van der Waals surface area contributed by atoms with Crippen molar-refractivity contribution in [2.45, 2.75) is 32.2 Å². The standard InChI is InChI=1S/C23H25N5O2S/c1-16-9-11-19(12-10-16)25-20(29)22-27-26-21(31-22)18-8-5-13-28(15-18)23(30)24-14-17-6-3-2-4-7-17/h2-4,6-7,9-12,18H,5,8,13-15H2,1H3,(H,24,30)(H,25,29)/t18-/m0/s1. The zero-order valence-corrected chi connectivity index (χ0v) is 18.2. The smallest absolute Gasteiger partial charge is 0.317 e. The van der Waals surface area contributed by atoms with Crippen LogP contribution in [0.25, 0.3) is 0 Å². The van der Waals surface area contributed by atoms with E-state index < -0.39 is 0 Å². The fourth-order valence-electron chi connectivity index (χ4n) is 3.56. The minimum Gasteiger partial charge on any atom is -0.334 e. The molecule has 8 heteroatoms. The number of amides is 3. The minimum atomic E-state index is -0.263. The summed E-state index contributed by atoms with van der Waals surface area (Å²) >= 11 is 1.30. The van der Waals surface area contributed by atoms with Gasteiger partial charge in [-0.2, -0.15) is 0 Å². The van der Waals surface area contributed by atoms with Crippen LogP contribution in [0.3, 0.4) is 0 Å². The Bertz CT molecular complexity index is 1040. The van der Waals surface area contributed by atoms with E-state index >= 15 is 0 Å². The number of nitrogens with one attached hydrogen (secondary N) is 2. The molecule has 4 rings (SSSR count). The molecule has 3 aromatic rings. The molecule has 0 spiro atoms. The van der Waals surface area contributed by atoms with Crippen LogP contribution in [0.5, 0.6) is 0 Å². The molecule has 0 radical (unpaired) electrons. The molecule has 1 aliphatic rings. The average Bonchev–Trinajstić information content (AvgIpc) is 3.30. The van der Waals surface area contributed by atoms with Crippen LogP contribution in [0, 0.1) is 6.92 Å². The zero-order chi connectivity index (χ0) is 21.6. The van der Waals surface area contributed by atoms with Crippen molar-refractivity contribution in [3.63, 3.8) is 0 Å². The van der Waals surface area contributed by atoms with Gasteiger partial charge >= 0.3 is 6.03 Å². The van der Waals surface area contributed by atoms with Crippen LogP contribution >= 0.6 is 11.3 Å². The maximum absolute atomic E-state index is 12.6. The van der Waals surface area contributed by atoms with Crippen LogP contribution in [0.1, 0.15) is 44.7 Å². The summed E-state index contributed by atoms with van der Waals surface area (Å²) in [4.78, 5) is 26.9. The van der Waals surface area contributed by atoms with Crippen molar-refractivity contribution in [2.24, 2.45) is 0 Å². The van der Waals surface area contributed by atoms with Crippen LogP contribution < -0.4 is 10.6 Å². The molecular formula is C23H25N5O2S. The number of carbonyl (C=O) groups is 2. The number of aromatic nitrogens is 2. The van der Waals surface area contributed by atoms with E-state index in [2.05, 4.69) is 20.8 Å². The molecule has 2 heterocycles. The van der Waals surface area contributed by atoms with Gasteiger partial charge in [0.1, 0.15) is 5.01 Å². The highest BCUT2D eigenvalue weighted by Gasteiger charge is 2.28. The first-order valence-electron chi connectivity index (χ1n) is 10.4. The van der Waals surface area contributed by atoms with Crippen molar-refractivity contribution >= 4 is 29.0 Å². The van der Waals surface area contributed by atoms with Crippen LogP contribution in [0.4, 0.5) is 10.5 Å². The molecule has 0 saturated carbocycles. The number of likely N-dealkylation sites (tertiary alicyclic amines) is 1. The molecule has 2 N–H and O–H groups in total. The molecule has 0 bridgehead atoms. The summed E-state index contributed by atoms with van der Waals surface area (Å²) in [5, 5.41) is 15.3. The van der Waals surface area contributed by atoms with Crippen molar-refractivity contribution in [3.8, 4) is 0 Å². The largest absolute Gasteiger partial charge is 0.334 e. The quantitative estimate of drug-likeness (QED) is 0.629. The van der Waals surface area contributed by atoms with Crippen molar-refractivity contribution < 1.29 is 9.59 Å². The maximum atomic E-state index is 12.6. The van der Waals surface area contributed by atoms with Crippen molar-refractivity contribution in [1.82, 2.24) is 20.4 Å². The molecule has 0 aliphatic carbocycles. The van der Waals surface area contributed by atoms with Gasteiger partial charge in [-0.15, -0.1) is 10.2 Å². The molecule has 1 aromatic heterocycles. The predicted molar refractivity (Wildman–Crippen MR) is 121 cm³/mol. The molecule has 31 heavy (non-hydrogen) atoms. The fourth-order valence-corrected chi connectivity index (χ4v) is 4.43. The Morgan fingerprint density at radius 3 is 2.65 bits per heavy atom. The number of urea groups is 1. The molecule has 1 aliphatic heterocycles. The SMILES string of the molecule is Cc1ccc(NC(=O)c2nnc([C@H]3CCCN(C(=O)NCc4ccccc4)C3)s2)cc1. The Balaban J connectivity index is 1.34. The van der Waals surface area contributed by atoms with E-state index in [1.54, 1.807) is 0 Å². The Morgan fingerprint density at radius 2 is 1.87 bits per heavy atom. The number of nitrogens with zero attached hydrogens (tertiary/aromatic N) is 3. The Morgan fingerprint density at radius 1 is 1.10 bits per heavy atom. The van der Waals surface area contributed by atoms with E-state index in [4.69, 9.17) is 0 Å². The summed E-state index contributed by atoms with van der Waals surface area (Å²) in [6.07, 6.45) is 1.82. The van der Waals surface area contributed by atoms with Crippen LogP contribution in [-0.4, -0.2) is 40.1 Å². The normalized spacial score (nSPS) is 16.0. The van der Waals surface area contributed by atoms with Gasteiger partial charge in [0.15, 0.2) is 0 Å². The third kappa shape index (κ3) is 5.46. The first kappa shape index (κ1) is 21.0. The number of piperidine rings is 1. The Labute approximate surface area is 185 Å². The zero-order valence-electron chi connectivity index (χ0n) is 17.4. The molecule has 7 nitrogen and oxygen atoms in total. The van der Waals surface area contributed by atoms with Gasteiger partial charge in [-0.25, -0.2) is 4.79 Å². The fraction of sp³-hybridized carbons (Fsp3) is 0.304. The Hall–Kier alpha value is -3.26. The van der Waals surface area contributed by atoms with Gasteiger partial charge < -0.3 is 15.5 Å². The molecule has 0 unspecified atom stereocenters. The maximum Gasteiger partial charge on any atom is 0.317 e. The first-order valence-corrected chi connectivity index (χ1v) is 11.2. The minimum absolute atomic E-state index is 0.0737. The van der Waals surface area contributed by atoms with Crippen molar-refractivity contribution in [2.75, 3.05) is 18.4 Å². The second-order valence-corrected chi connectivity index (χ2v) is 8.70. The highest BCUT2D eigenvalue weighted by Crippen LogP contribution is 2.29. The van der Waals surface area contributed by atoms with Gasteiger partial charge in [0.05, 0.1) is 0 Å². The molecule has 1 saturated heterocycles. The van der Waals surface area contributed by atoms with E-state index in [1.165, 1.54) is 11.3 Å². The molecule has 1 fully saturated rings. The monoisotopic (exact) mass is 435 g/mol. The van der Waals surface area contributed by atoms with E-state index in [-0.39, 0.29) is 17.9 Å². The molecule has 160 valence electrons. The third-order valence-electron chi connectivity index (χ3n) is 5.29. The second-order valence-electron chi connectivity index (χ2n) is 7.70. The lowest BCUT2D eigenvalue weighted by molar-refractivity contribution is 0.102. The number of benzene rings is 2. The van der Waals surface area contributed by atoms with E-state index in [9.17, 15) is 9.59 Å². The summed E-state index contributed by atoms with van der Waals surface area (Å²) in [5.74, 6) is -0.171. The summed E-state index contributed by atoms with van der Waals surface area (Å²) < 4.78 is 0. The number of aryl methyl sites for hydroxylation is 1. The highest BCUT2D eigenvalue weighted by atomic mass is 32.1. The topological polar surface area (TPSA) is 87.2 Å². The number of anilines is 1. The highest BCUT2D eigenvalue weighted by molar-refractivity contribution is 7.13. The average molecular weight is 436 g/mol. The number of hydrogen-bond acceptors (Lipinski definition) is 5. The third-order valence-corrected chi connectivity index (χ3v) is 6.37. The van der Waals surface area contributed by atoms with E-state index in [0.717, 1.165) is 41.2 Å². The number of hydrogen-bond donors (Lipinski definition) is 2.